The van der Waals surface area contributed by atoms with Gasteiger partial charge in [0.15, 0.2) is 5.96 Å². The second kappa shape index (κ2) is 15.2. The summed E-state index contributed by atoms with van der Waals surface area (Å²) in [4.78, 5) is 55.2. The smallest absolute Gasteiger partial charge is 0.322 e. The molecule has 0 bridgehead atoms. The number of hydrogen-bond acceptors (Lipinski definition) is 6. The Morgan fingerprint density at radius 1 is 0.864 bits per heavy atom. The number of rotatable bonds is 13. The maximum atomic E-state index is 13.7. The lowest BCUT2D eigenvalue weighted by molar-refractivity contribution is -0.138. The first-order valence-corrected chi connectivity index (χ1v) is 14.5. The monoisotopic (exact) mass is 610 g/mol. The fourth-order valence-electron chi connectivity index (χ4n) is 4.54. The molecule has 2 atom stereocenters. The number of aliphatic imine (C=N–C) groups is 1. The Kier molecular flexibility index (Phi) is 12.3. The Balaban J connectivity index is 2.44. The third-order valence-corrected chi connectivity index (χ3v) is 6.88. The largest absolute Gasteiger partial charge is 0.507 e. The van der Waals surface area contributed by atoms with Crippen molar-refractivity contribution in [3.05, 3.63) is 64.7 Å². The van der Waals surface area contributed by atoms with Crippen LogP contribution in [0.2, 0.25) is 0 Å². The molecule has 0 saturated carbocycles. The minimum absolute atomic E-state index is 0.113. The minimum atomic E-state index is -1.24. The van der Waals surface area contributed by atoms with Crippen LogP contribution in [0, 0.1) is 0 Å². The normalized spacial score (nSPS) is 12.9. The van der Waals surface area contributed by atoms with E-state index in [4.69, 9.17) is 16.6 Å². The second-order valence-corrected chi connectivity index (χ2v) is 12.8. The number of hydrogen-bond donors (Lipinski definition) is 7. The van der Waals surface area contributed by atoms with Gasteiger partial charge < -0.3 is 37.6 Å². The van der Waals surface area contributed by atoms with Crippen LogP contribution in [0.4, 0.5) is 0 Å². The summed E-state index contributed by atoms with van der Waals surface area (Å²) < 4.78 is 0. The molecule has 0 aliphatic rings. The number of carboxylic acid groups (broad SMARTS) is 1. The van der Waals surface area contributed by atoms with Gasteiger partial charge in [0, 0.05) is 29.7 Å². The number of guanidine groups is 1. The van der Waals surface area contributed by atoms with Crippen molar-refractivity contribution in [2.75, 3.05) is 13.1 Å². The van der Waals surface area contributed by atoms with Gasteiger partial charge in [0.05, 0.1) is 0 Å². The molecule has 12 nitrogen and oxygen atoms in total. The zero-order valence-corrected chi connectivity index (χ0v) is 26.4. The zero-order chi connectivity index (χ0) is 33.2. The number of carboxylic acids is 1. The molecule has 0 fully saturated rings. The summed E-state index contributed by atoms with van der Waals surface area (Å²) in [6.07, 6.45) is 0.547. The highest BCUT2D eigenvalue weighted by atomic mass is 16.4. The van der Waals surface area contributed by atoms with E-state index in [0.29, 0.717) is 17.5 Å². The average Bonchev–Trinajstić information content (AvgIpc) is 2.92. The van der Waals surface area contributed by atoms with E-state index in [0.717, 1.165) is 5.56 Å². The van der Waals surface area contributed by atoms with Gasteiger partial charge in [-0.3, -0.25) is 24.2 Å². The Morgan fingerprint density at radius 2 is 1.43 bits per heavy atom. The Morgan fingerprint density at radius 3 is 1.93 bits per heavy atom. The number of nitrogens with zero attached hydrogens (tertiary/aromatic N) is 1. The van der Waals surface area contributed by atoms with Crippen molar-refractivity contribution in [3.8, 4) is 5.75 Å². The van der Waals surface area contributed by atoms with Gasteiger partial charge in [-0.05, 0) is 41.4 Å². The predicted octanol–water partition coefficient (Wildman–Crippen LogP) is 2.07. The van der Waals surface area contributed by atoms with Crippen molar-refractivity contribution >= 4 is 29.7 Å². The third kappa shape index (κ3) is 10.9. The molecule has 240 valence electrons. The number of nitrogens with one attached hydrogen (secondary N) is 3. The van der Waals surface area contributed by atoms with E-state index in [-0.39, 0.29) is 36.7 Å². The maximum absolute atomic E-state index is 13.7. The molecular weight excluding hydrogens is 564 g/mol. The van der Waals surface area contributed by atoms with Crippen molar-refractivity contribution in [1.29, 1.82) is 0 Å². The van der Waals surface area contributed by atoms with E-state index in [9.17, 15) is 24.3 Å². The number of aromatic hydroxyl groups is 1. The molecule has 0 aliphatic carbocycles. The van der Waals surface area contributed by atoms with E-state index in [1.807, 2.05) is 71.9 Å². The first kappa shape index (κ1) is 35.6. The molecule has 0 heterocycles. The lowest BCUT2D eigenvalue weighted by Gasteiger charge is -2.28. The number of carbonyl (C=O) groups excluding carboxylic acids is 3. The van der Waals surface area contributed by atoms with Crippen LogP contribution in [0.3, 0.4) is 0 Å². The standard InChI is InChI=1S/C32H46N6O6/c1-31(2,3)21-16-20(17-22(26(21)41)32(4,5)6)27(42)38-24(15-19-11-8-7-9-12-19)29(44)37-23(13-10-14-35-30(33)34)28(43)36-18-25(39)40/h7-9,11-12,16-17,23-24,41H,10,13-15,18H2,1-6H3,(H,36,43)(H,37,44)(H,38,42)(H,39,40)(H4,33,34,35)/t23-,24-/m1/s1. The van der Waals surface area contributed by atoms with E-state index < -0.39 is 53.1 Å². The molecule has 12 heteroatoms. The summed E-state index contributed by atoms with van der Waals surface area (Å²) in [6.45, 7) is 11.2. The van der Waals surface area contributed by atoms with Gasteiger partial charge in [-0.25, -0.2) is 0 Å². The summed E-state index contributed by atoms with van der Waals surface area (Å²) in [5.41, 5.74) is 12.0. The molecule has 44 heavy (non-hydrogen) atoms. The molecule has 0 radical (unpaired) electrons. The van der Waals surface area contributed by atoms with Gasteiger partial charge in [0.25, 0.3) is 5.91 Å². The van der Waals surface area contributed by atoms with Crippen LogP contribution in [0.5, 0.6) is 5.75 Å². The summed E-state index contributed by atoms with van der Waals surface area (Å²) in [5.74, 6) is -3.10. The van der Waals surface area contributed by atoms with E-state index in [1.54, 1.807) is 12.1 Å². The SMILES string of the molecule is CC(C)(C)c1cc(C(=O)N[C@H](Cc2ccccc2)C(=O)N[C@H](CCCN=C(N)N)C(=O)NCC(=O)O)cc(C(C)(C)C)c1O. The predicted molar refractivity (Wildman–Crippen MR) is 169 cm³/mol. The molecule has 2 aromatic carbocycles. The van der Waals surface area contributed by atoms with E-state index >= 15 is 0 Å². The molecule has 9 N–H and O–H groups in total. The van der Waals surface area contributed by atoms with Gasteiger partial charge in [0.2, 0.25) is 11.8 Å². The topological polar surface area (TPSA) is 209 Å². The summed E-state index contributed by atoms with van der Waals surface area (Å²) in [5, 5.41) is 27.9. The number of carbonyl (C=O) groups is 4. The average molecular weight is 611 g/mol. The third-order valence-electron chi connectivity index (χ3n) is 6.88. The van der Waals surface area contributed by atoms with Crippen molar-refractivity contribution < 1.29 is 29.4 Å². The van der Waals surface area contributed by atoms with Gasteiger partial charge in [-0.15, -0.1) is 0 Å². The first-order valence-electron chi connectivity index (χ1n) is 14.5. The molecule has 0 aromatic heterocycles. The molecule has 2 rings (SSSR count). The molecule has 0 spiro atoms. The van der Waals surface area contributed by atoms with Crippen LogP contribution in [0.1, 0.15) is 81.4 Å². The van der Waals surface area contributed by atoms with Crippen molar-refractivity contribution in [2.24, 2.45) is 16.5 Å². The molecular formula is C32H46N6O6. The quantitative estimate of drug-likeness (QED) is 0.101. The van der Waals surface area contributed by atoms with Crippen LogP contribution < -0.4 is 27.4 Å². The first-order chi connectivity index (χ1) is 20.4. The number of aliphatic carboxylic acids is 1. The summed E-state index contributed by atoms with van der Waals surface area (Å²) >= 11 is 0. The van der Waals surface area contributed by atoms with Crippen molar-refractivity contribution in [2.45, 2.75) is 83.7 Å². The van der Waals surface area contributed by atoms with Gasteiger partial charge in [0.1, 0.15) is 24.4 Å². The fraction of sp³-hybridized carbons (Fsp3) is 0.469. The van der Waals surface area contributed by atoms with Crippen LogP contribution in [0.25, 0.3) is 0 Å². The van der Waals surface area contributed by atoms with Gasteiger partial charge in [-0.1, -0.05) is 71.9 Å². The lowest BCUT2D eigenvalue weighted by Crippen LogP contribution is -2.54. The highest BCUT2D eigenvalue weighted by Crippen LogP contribution is 2.39. The van der Waals surface area contributed by atoms with Crippen LogP contribution in [-0.4, -0.2) is 65.0 Å². The number of benzene rings is 2. The van der Waals surface area contributed by atoms with Crippen molar-refractivity contribution in [1.82, 2.24) is 16.0 Å². The maximum Gasteiger partial charge on any atom is 0.322 e. The number of amides is 3. The van der Waals surface area contributed by atoms with Crippen LogP contribution >= 0.6 is 0 Å². The Hall–Kier alpha value is -4.61. The van der Waals surface area contributed by atoms with E-state index in [2.05, 4.69) is 20.9 Å². The fourth-order valence-corrected chi connectivity index (χ4v) is 4.54. The molecule has 2 aromatic rings. The molecule has 0 unspecified atom stereocenters. The molecule has 0 aliphatic heterocycles. The molecule has 3 amide bonds. The zero-order valence-electron chi connectivity index (χ0n) is 26.4. The minimum Gasteiger partial charge on any atom is -0.507 e. The molecule has 0 saturated heterocycles. The number of nitrogens with two attached hydrogens (primary N) is 2. The number of phenols is 1. The number of phenolic OH excluding ortho intramolecular Hbond substituents is 1. The summed E-state index contributed by atoms with van der Waals surface area (Å²) in [6, 6.07) is 10.1. The lowest BCUT2D eigenvalue weighted by atomic mass is 9.78. The second-order valence-electron chi connectivity index (χ2n) is 12.8. The van der Waals surface area contributed by atoms with Gasteiger partial charge >= 0.3 is 5.97 Å². The van der Waals surface area contributed by atoms with Crippen LogP contribution in [-0.2, 0) is 31.6 Å². The van der Waals surface area contributed by atoms with E-state index in [1.165, 1.54) is 0 Å². The Bertz CT molecular complexity index is 1320. The highest BCUT2D eigenvalue weighted by Gasteiger charge is 2.31. The van der Waals surface area contributed by atoms with Gasteiger partial charge in [-0.2, -0.15) is 0 Å². The highest BCUT2D eigenvalue weighted by molar-refractivity contribution is 5.99. The summed E-state index contributed by atoms with van der Waals surface area (Å²) in [7, 11) is 0. The van der Waals surface area contributed by atoms with Crippen molar-refractivity contribution in [3.63, 3.8) is 0 Å². The van der Waals surface area contributed by atoms with Crippen LogP contribution in [0.15, 0.2) is 47.5 Å². The Labute approximate surface area is 258 Å².